The van der Waals surface area contributed by atoms with Gasteiger partial charge < -0.3 is 5.73 Å². The van der Waals surface area contributed by atoms with Gasteiger partial charge in [0.15, 0.2) is 9.84 Å². The molecule has 0 amide bonds. The quantitative estimate of drug-likeness (QED) is 0.910. The first-order valence-corrected chi connectivity index (χ1v) is 7.94. The highest BCUT2D eigenvalue weighted by Crippen LogP contribution is 2.15. The van der Waals surface area contributed by atoms with Crippen LogP contribution in [0.2, 0.25) is 0 Å². The third kappa shape index (κ3) is 3.91. The van der Waals surface area contributed by atoms with Gasteiger partial charge in [0.05, 0.1) is 11.5 Å². The lowest BCUT2D eigenvalue weighted by Gasteiger charge is -2.08. The van der Waals surface area contributed by atoms with Crippen LogP contribution in [0.4, 0.5) is 0 Å². The van der Waals surface area contributed by atoms with E-state index in [4.69, 9.17) is 5.73 Å². The van der Waals surface area contributed by atoms with E-state index in [0.29, 0.717) is 6.54 Å². The minimum absolute atomic E-state index is 0.0370. The van der Waals surface area contributed by atoms with Crippen molar-refractivity contribution >= 4 is 9.84 Å². The van der Waals surface area contributed by atoms with E-state index in [1.807, 2.05) is 54.6 Å². The lowest BCUT2D eigenvalue weighted by atomic mass is 10.1. The Balaban J connectivity index is 2.18. The maximum Gasteiger partial charge on any atom is 0.158 e. The van der Waals surface area contributed by atoms with Crippen LogP contribution in [0.5, 0.6) is 0 Å². The summed E-state index contributed by atoms with van der Waals surface area (Å²) in [6, 6.07) is 16.6. The van der Waals surface area contributed by atoms with E-state index < -0.39 is 9.84 Å². The van der Waals surface area contributed by atoms with Crippen LogP contribution in [0.25, 0.3) is 0 Å². The van der Waals surface area contributed by atoms with Crippen LogP contribution in [-0.4, -0.2) is 8.42 Å². The van der Waals surface area contributed by atoms with Crippen molar-refractivity contribution in [2.24, 2.45) is 5.73 Å². The Morgan fingerprint density at radius 2 is 1.37 bits per heavy atom. The second-order valence-electron chi connectivity index (χ2n) is 4.49. The van der Waals surface area contributed by atoms with Gasteiger partial charge in [-0.25, -0.2) is 8.42 Å². The lowest BCUT2D eigenvalue weighted by Crippen LogP contribution is -2.10. The highest BCUT2D eigenvalue weighted by molar-refractivity contribution is 7.89. The molecule has 3 nitrogen and oxygen atoms in total. The standard InChI is InChI=1S/C15H17NO2S/c16-10-14-8-4-5-9-15(14)12-19(17,18)11-13-6-2-1-3-7-13/h1-9H,10-12,16H2. The summed E-state index contributed by atoms with van der Waals surface area (Å²) in [7, 11) is -3.18. The smallest absolute Gasteiger partial charge is 0.158 e. The second-order valence-corrected chi connectivity index (χ2v) is 6.56. The zero-order chi connectivity index (χ0) is 13.7. The summed E-state index contributed by atoms with van der Waals surface area (Å²) >= 11 is 0. The summed E-state index contributed by atoms with van der Waals surface area (Å²) in [4.78, 5) is 0. The van der Waals surface area contributed by atoms with Crippen molar-refractivity contribution in [2.45, 2.75) is 18.1 Å². The molecule has 100 valence electrons. The molecule has 0 heterocycles. The van der Waals surface area contributed by atoms with Crippen molar-refractivity contribution in [3.8, 4) is 0 Å². The van der Waals surface area contributed by atoms with Crippen LogP contribution in [0.1, 0.15) is 16.7 Å². The SMILES string of the molecule is NCc1ccccc1CS(=O)(=O)Cc1ccccc1. The number of benzene rings is 2. The van der Waals surface area contributed by atoms with Gasteiger partial charge in [0.1, 0.15) is 0 Å². The largest absolute Gasteiger partial charge is 0.326 e. The Morgan fingerprint density at radius 3 is 2.00 bits per heavy atom. The fraction of sp³-hybridized carbons (Fsp3) is 0.200. The van der Waals surface area contributed by atoms with Crippen molar-refractivity contribution in [1.82, 2.24) is 0 Å². The highest BCUT2D eigenvalue weighted by atomic mass is 32.2. The predicted octanol–water partition coefficient (Wildman–Crippen LogP) is 2.26. The molecule has 0 fully saturated rings. The van der Waals surface area contributed by atoms with Gasteiger partial charge in [-0.15, -0.1) is 0 Å². The van der Waals surface area contributed by atoms with Gasteiger partial charge in [-0.05, 0) is 16.7 Å². The van der Waals surface area contributed by atoms with Crippen LogP contribution >= 0.6 is 0 Å². The summed E-state index contributed by atoms with van der Waals surface area (Å²) in [5, 5.41) is 0. The highest BCUT2D eigenvalue weighted by Gasteiger charge is 2.14. The summed E-state index contributed by atoms with van der Waals surface area (Å²) in [5.41, 5.74) is 8.12. The summed E-state index contributed by atoms with van der Waals surface area (Å²) < 4.78 is 24.4. The number of hydrogen-bond acceptors (Lipinski definition) is 3. The normalized spacial score (nSPS) is 11.4. The van der Waals surface area contributed by atoms with E-state index in [9.17, 15) is 8.42 Å². The van der Waals surface area contributed by atoms with Gasteiger partial charge in [0.2, 0.25) is 0 Å². The lowest BCUT2D eigenvalue weighted by molar-refractivity contribution is 0.594. The first-order valence-electron chi connectivity index (χ1n) is 6.12. The van der Waals surface area contributed by atoms with Crippen LogP contribution < -0.4 is 5.73 Å². The zero-order valence-electron chi connectivity index (χ0n) is 10.6. The molecule has 0 saturated carbocycles. The topological polar surface area (TPSA) is 60.2 Å². The molecule has 0 aliphatic rings. The van der Waals surface area contributed by atoms with E-state index in [2.05, 4.69) is 0 Å². The minimum Gasteiger partial charge on any atom is -0.326 e. The van der Waals surface area contributed by atoms with Gasteiger partial charge in [-0.1, -0.05) is 54.6 Å². The average Bonchev–Trinajstić information content (AvgIpc) is 2.39. The Morgan fingerprint density at radius 1 is 0.789 bits per heavy atom. The molecule has 0 spiro atoms. The van der Waals surface area contributed by atoms with Gasteiger partial charge in [0.25, 0.3) is 0 Å². The van der Waals surface area contributed by atoms with Gasteiger partial charge in [-0.2, -0.15) is 0 Å². The molecule has 4 heteroatoms. The van der Waals surface area contributed by atoms with E-state index >= 15 is 0 Å². The first-order chi connectivity index (χ1) is 9.11. The van der Waals surface area contributed by atoms with Crippen molar-refractivity contribution in [3.63, 3.8) is 0 Å². The number of rotatable bonds is 5. The van der Waals surface area contributed by atoms with Crippen LogP contribution in [-0.2, 0) is 27.9 Å². The van der Waals surface area contributed by atoms with Crippen molar-refractivity contribution < 1.29 is 8.42 Å². The van der Waals surface area contributed by atoms with Crippen LogP contribution in [0, 0.1) is 0 Å². The molecule has 2 aromatic rings. The molecule has 0 radical (unpaired) electrons. The summed E-state index contributed by atoms with van der Waals surface area (Å²) in [6.07, 6.45) is 0. The predicted molar refractivity (Wildman–Crippen MR) is 77.1 cm³/mol. The van der Waals surface area contributed by atoms with Crippen LogP contribution in [0.15, 0.2) is 54.6 Å². The second kappa shape index (κ2) is 5.99. The molecule has 0 aliphatic carbocycles. The molecule has 2 rings (SSSR count). The van der Waals surface area contributed by atoms with E-state index in [-0.39, 0.29) is 11.5 Å². The maximum atomic E-state index is 12.2. The Hall–Kier alpha value is -1.65. The van der Waals surface area contributed by atoms with E-state index in [0.717, 1.165) is 16.7 Å². The Bertz CT molecular complexity index is 636. The fourth-order valence-electron chi connectivity index (χ4n) is 2.01. The third-order valence-electron chi connectivity index (χ3n) is 2.94. The first kappa shape index (κ1) is 13.8. The Labute approximate surface area is 114 Å². The van der Waals surface area contributed by atoms with E-state index in [1.54, 1.807) is 0 Å². The number of hydrogen-bond donors (Lipinski definition) is 1. The minimum atomic E-state index is -3.18. The Kier molecular flexibility index (Phi) is 4.35. The molecule has 0 atom stereocenters. The maximum absolute atomic E-state index is 12.2. The monoisotopic (exact) mass is 275 g/mol. The van der Waals surface area contributed by atoms with Crippen molar-refractivity contribution in [2.75, 3.05) is 0 Å². The van der Waals surface area contributed by atoms with Gasteiger partial charge >= 0.3 is 0 Å². The third-order valence-corrected chi connectivity index (χ3v) is 4.47. The molecule has 19 heavy (non-hydrogen) atoms. The van der Waals surface area contributed by atoms with E-state index in [1.165, 1.54) is 0 Å². The molecule has 2 N–H and O–H groups in total. The summed E-state index contributed by atoms with van der Waals surface area (Å²) in [6.45, 7) is 0.358. The molecular weight excluding hydrogens is 258 g/mol. The summed E-state index contributed by atoms with van der Waals surface area (Å²) in [5.74, 6) is 0.0992. The molecule has 2 aromatic carbocycles. The molecular formula is C15H17NO2S. The van der Waals surface area contributed by atoms with Gasteiger partial charge in [-0.3, -0.25) is 0 Å². The van der Waals surface area contributed by atoms with Gasteiger partial charge in [0, 0.05) is 6.54 Å². The molecule has 0 aliphatic heterocycles. The molecule has 0 unspecified atom stereocenters. The fourth-order valence-corrected chi connectivity index (χ4v) is 3.57. The molecule has 0 aromatic heterocycles. The van der Waals surface area contributed by atoms with Crippen molar-refractivity contribution in [3.05, 3.63) is 71.3 Å². The average molecular weight is 275 g/mol. The molecule has 0 bridgehead atoms. The number of nitrogens with two attached hydrogens (primary N) is 1. The van der Waals surface area contributed by atoms with Crippen molar-refractivity contribution in [1.29, 1.82) is 0 Å². The molecule has 0 saturated heterocycles. The van der Waals surface area contributed by atoms with Crippen LogP contribution in [0.3, 0.4) is 0 Å². The number of sulfone groups is 1. The zero-order valence-corrected chi connectivity index (χ0v) is 11.4.